The van der Waals surface area contributed by atoms with Crippen molar-refractivity contribution in [3.05, 3.63) is 81.9 Å². The third-order valence-corrected chi connectivity index (χ3v) is 7.49. The number of carbonyl (C=O) groups is 1. The van der Waals surface area contributed by atoms with Gasteiger partial charge in [0, 0.05) is 11.6 Å². The van der Waals surface area contributed by atoms with Gasteiger partial charge in [0.05, 0.1) is 40.9 Å². The molecule has 1 N–H and O–H groups in total. The fourth-order valence-corrected chi connectivity index (χ4v) is 5.19. The van der Waals surface area contributed by atoms with Gasteiger partial charge in [-0.25, -0.2) is 9.37 Å². The Labute approximate surface area is 213 Å². The molecule has 1 aromatic heterocycles. The summed E-state index contributed by atoms with van der Waals surface area (Å²) in [6, 6.07) is 15.7. The van der Waals surface area contributed by atoms with Gasteiger partial charge in [0.2, 0.25) is 0 Å². The number of ether oxygens (including phenoxy) is 1. The smallest absolute Gasteiger partial charge is 0.258 e. The van der Waals surface area contributed by atoms with Crippen LogP contribution in [0.15, 0.2) is 48.5 Å². The second-order valence-electron chi connectivity index (χ2n) is 9.19. The first kappa shape index (κ1) is 23.8. The molecular formula is C28H24ClFN4O2. The molecule has 0 aliphatic carbocycles. The number of imidazole rings is 1. The molecule has 2 heterocycles. The van der Waals surface area contributed by atoms with E-state index in [1.807, 2.05) is 26.0 Å². The topological polar surface area (TPSA) is 82.0 Å². The highest BCUT2D eigenvalue weighted by molar-refractivity contribution is 6.32. The van der Waals surface area contributed by atoms with E-state index in [2.05, 4.69) is 11.1 Å². The van der Waals surface area contributed by atoms with Crippen molar-refractivity contribution < 1.29 is 13.9 Å². The number of fused-ring (bicyclic) bond motifs is 1. The summed E-state index contributed by atoms with van der Waals surface area (Å²) in [6.07, 6.45) is 1.40. The fourth-order valence-electron chi connectivity index (χ4n) is 5.03. The highest BCUT2D eigenvalue weighted by atomic mass is 35.5. The van der Waals surface area contributed by atoms with Crippen molar-refractivity contribution in [3.8, 4) is 22.9 Å². The molecule has 0 bridgehead atoms. The maximum Gasteiger partial charge on any atom is 0.258 e. The van der Waals surface area contributed by atoms with E-state index < -0.39 is 17.3 Å². The first-order valence-corrected chi connectivity index (χ1v) is 12.0. The Morgan fingerprint density at radius 1 is 1.28 bits per heavy atom. The number of hydrogen-bond donors (Lipinski definition) is 1. The number of carbonyl (C=O) groups excluding carboxylic acids is 1. The van der Waals surface area contributed by atoms with Crippen LogP contribution in [0.2, 0.25) is 5.02 Å². The lowest BCUT2D eigenvalue weighted by atomic mass is 9.93. The largest absolute Gasteiger partial charge is 0.494 e. The van der Waals surface area contributed by atoms with Crippen LogP contribution in [0, 0.1) is 24.1 Å². The van der Waals surface area contributed by atoms with Crippen LogP contribution in [0.5, 0.6) is 5.75 Å². The Balaban J connectivity index is 1.64. The van der Waals surface area contributed by atoms with Gasteiger partial charge < -0.3 is 14.6 Å². The number of nitrogens with zero attached hydrogens (tertiary/aromatic N) is 3. The molecule has 1 amide bonds. The van der Waals surface area contributed by atoms with Gasteiger partial charge in [-0.15, -0.1) is 0 Å². The van der Waals surface area contributed by atoms with Crippen LogP contribution < -0.4 is 4.74 Å². The van der Waals surface area contributed by atoms with E-state index in [0.717, 1.165) is 23.0 Å². The predicted octanol–water partition coefficient (Wildman–Crippen LogP) is 6.36. The summed E-state index contributed by atoms with van der Waals surface area (Å²) in [7, 11) is 1.37. The minimum absolute atomic E-state index is 0.0200. The van der Waals surface area contributed by atoms with Crippen LogP contribution in [0.25, 0.3) is 22.2 Å². The molecule has 36 heavy (non-hydrogen) atoms. The minimum Gasteiger partial charge on any atom is -0.494 e. The van der Waals surface area contributed by atoms with E-state index in [-0.39, 0.29) is 11.3 Å². The van der Waals surface area contributed by atoms with Crippen molar-refractivity contribution >= 4 is 28.5 Å². The van der Waals surface area contributed by atoms with Crippen molar-refractivity contribution in [1.29, 1.82) is 5.26 Å². The van der Waals surface area contributed by atoms with Crippen LogP contribution in [-0.2, 0) is 5.54 Å². The maximum atomic E-state index is 15.7. The molecule has 0 saturated carbocycles. The highest BCUT2D eigenvalue weighted by Crippen LogP contribution is 2.42. The number of aryl methyl sites for hydroxylation is 1. The van der Waals surface area contributed by atoms with E-state index >= 15 is 4.39 Å². The van der Waals surface area contributed by atoms with Gasteiger partial charge in [0.15, 0.2) is 11.6 Å². The third kappa shape index (κ3) is 3.69. The Bertz CT molecular complexity index is 1560. The van der Waals surface area contributed by atoms with Crippen LogP contribution in [0.3, 0.4) is 0 Å². The van der Waals surface area contributed by atoms with Gasteiger partial charge in [-0.05, 0) is 79.8 Å². The molecule has 1 aliphatic heterocycles. The maximum absolute atomic E-state index is 15.7. The van der Waals surface area contributed by atoms with Crippen molar-refractivity contribution in [2.75, 3.05) is 13.7 Å². The zero-order valence-electron chi connectivity index (χ0n) is 20.2. The summed E-state index contributed by atoms with van der Waals surface area (Å²) >= 11 is 6.30. The zero-order valence-corrected chi connectivity index (χ0v) is 20.9. The number of hydrogen-bond acceptors (Lipinski definition) is 4. The van der Waals surface area contributed by atoms with Crippen LogP contribution in [0.1, 0.15) is 47.1 Å². The minimum atomic E-state index is -0.781. The van der Waals surface area contributed by atoms with E-state index in [1.165, 1.54) is 13.2 Å². The Morgan fingerprint density at radius 3 is 2.83 bits per heavy atom. The summed E-state index contributed by atoms with van der Waals surface area (Å²) < 4.78 is 21.0. The number of halogens is 2. The number of aromatic amines is 1. The molecule has 182 valence electrons. The van der Waals surface area contributed by atoms with Crippen LogP contribution >= 0.6 is 11.6 Å². The average molecular weight is 503 g/mol. The van der Waals surface area contributed by atoms with Crippen molar-refractivity contribution in [2.45, 2.75) is 32.2 Å². The lowest BCUT2D eigenvalue weighted by Crippen LogP contribution is -2.44. The molecule has 5 rings (SSSR count). The number of nitriles is 1. The number of likely N-dealkylation sites (tertiary alicyclic amines) is 1. The molecule has 0 spiro atoms. The Hall–Kier alpha value is -3.89. The highest BCUT2D eigenvalue weighted by Gasteiger charge is 2.45. The molecule has 1 aliphatic rings. The average Bonchev–Trinajstić information content (AvgIpc) is 3.51. The molecule has 1 unspecified atom stereocenters. The molecule has 4 aromatic rings. The Morgan fingerprint density at radius 2 is 2.08 bits per heavy atom. The standard InChI is InChI=1S/C28H24ClFN4O2/c1-16-20(29)9-10-21-25(16)33-27(32-21)28(2)12-5-13-34(28)26(35)23-19(8-11-22(36-3)24(23)30)18-7-4-6-17(14-18)15-31/h4,6-11,14H,5,12-13H2,1-3H3,(H,32,33). The number of H-pyrrole nitrogens is 1. The molecule has 1 saturated heterocycles. The van der Waals surface area contributed by atoms with Crippen LogP contribution in [-0.4, -0.2) is 34.4 Å². The zero-order chi connectivity index (χ0) is 25.6. The number of benzene rings is 3. The summed E-state index contributed by atoms with van der Waals surface area (Å²) in [4.78, 5) is 24.0. The van der Waals surface area contributed by atoms with Gasteiger partial charge in [-0.3, -0.25) is 4.79 Å². The molecule has 1 atom stereocenters. The normalized spacial score (nSPS) is 17.4. The summed E-state index contributed by atoms with van der Waals surface area (Å²) in [5.41, 5.74) is 2.96. The van der Waals surface area contributed by atoms with Gasteiger partial charge in [0.25, 0.3) is 5.91 Å². The summed E-state index contributed by atoms with van der Waals surface area (Å²) in [5.74, 6) is -0.582. The number of aromatic nitrogens is 2. The van der Waals surface area contributed by atoms with E-state index in [1.54, 1.807) is 35.2 Å². The molecule has 0 radical (unpaired) electrons. The second kappa shape index (κ2) is 8.96. The van der Waals surface area contributed by atoms with Gasteiger partial charge in [-0.2, -0.15) is 5.26 Å². The predicted molar refractivity (Wildman–Crippen MR) is 137 cm³/mol. The monoisotopic (exact) mass is 502 g/mol. The second-order valence-corrected chi connectivity index (χ2v) is 9.59. The van der Waals surface area contributed by atoms with E-state index in [0.29, 0.717) is 40.5 Å². The van der Waals surface area contributed by atoms with Crippen molar-refractivity contribution in [2.24, 2.45) is 0 Å². The van der Waals surface area contributed by atoms with Gasteiger partial charge in [0.1, 0.15) is 5.82 Å². The van der Waals surface area contributed by atoms with Gasteiger partial charge >= 0.3 is 0 Å². The summed E-state index contributed by atoms with van der Waals surface area (Å²) in [5, 5.41) is 9.97. The molecule has 6 nitrogen and oxygen atoms in total. The summed E-state index contributed by atoms with van der Waals surface area (Å²) in [6.45, 7) is 4.30. The quantitative estimate of drug-likeness (QED) is 0.352. The van der Waals surface area contributed by atoms with Crippen molar-refractivity contribution in [1.82, 2.24) is 14.9 Å². The molecular weight excluding hydrogens is 479 g/mol. The van der Waals surface area contributed by atoms with Crippen LogP contribution in [0.4, 0.5) is 4.39 Å². The molecule has 1 fully saturated rings. The third-order valence-electron chi connectivity index (χ3n) is 7.08. The molecule has 3 aromatic carbocycles. The number of nitrogens with one attached hydrogen (secondary N) is 1. The van der Waals surface area contributed by atoms with E-state index in [9.17, 15) is 10.1 Å². The SMILES string of the molecule is COc1ccc(-c2cccc(C#N)c2)c(C(=O)N2CCCC2(C)c2nc3c(C)c(Cl)ccc3[nH]2)c1F. The number of amides is 1. The first-order chi connectivity index (χ1) is 17.3. The van der Waals surface area contributed by atoms with E-state index in [4.69, 9.17) is 21.3 Å². The van der Waals surface area contributed by atoms with Crippen molar-refractivity contribution in [3.63, 3.8) is 0 Å². The fraction of sp³-hybridized carbons (Fsp3) is 0.250. The Kier molecular flexibility index (Phi) is 5.93. The molecule has 8 heteroatoms. The lowest BCUT2D eigenvalue weighted by molar-refractivity contribution is 0.0601. The lowest BCUT2D eigenvalue weighted by Gasteiger charge is -2.34. The van der Waals surface area contributed by atoms with Gasteiger partial charge in [-0.1, -0.05) is 23.7 Å². The number of rotatable bonds is 4. The first-order valence-electron chi connectivity index (χ1n) is 11.6. The number of methoxy groups -OCH3 is 1.